The van der Waals surface area contributed by atoms with Crippen LogP contribution in [0.3, 0.4) is 0 Å². The number of carbonyl (C=O) groups excluding carboxylic acids is 2. The second kappa shape index (κ2) is 16.0. The molecular weight excluding hydrogens is 575 g/mol. The number of nitrogens with one attached hydrogen (secondary N) is 3. The number of likely N-dealkylation sites (N-methyl/N-ethyl adjacent to an activating group) is 1. The summed E-state index contributed by atoms with van der Waals surface area (Å²) in [5.74, 6) is -0.617. The molecular formula is C26H36ClFN8O2S2. The van der Waals surface area contributed by atoms with Gasteiger partial charge in [0.05, 0.1) is 17.8 Å². The molecule has 10 nitrogen and oxygen atoms in total. The predicted octanol–water partition coefficient (Wildman–Crippen LogP) is 4.12. The zero-order valence-corrected chi connectivity index (χ0v) is 25.5. The number of rotatable bonds is 11. The monoisotopic (exact) mass is 610 g/mol. The molecule has 0 aliphatic carbocycles. The number of aryl methyl sites for hydroxylation is 1. The van der Waals surface area contributed by atoms with Crippen LogP contribution in [0, 0.1) is 5.82 Å². The summed E-state index contributed by atoms with van der Waals surface area (Å²) in [5.41, 5.74) is 1.73. The van der Waals surface area contributed by atoms with Crippen LogP contribution >= 0.6 is 35.1 Å². The summed E-state index contributed by atoms with van der Waals surface area (Å²) in [6.45, 7) is 3.66. The smallest absolute Gasteiger partial charge is 0.242 e. The Morgan fingerprint density at radius 2 is 2.12 bits per heavy atom. The molecule has 1 aliphatic heterocycles. The minimum absolute atomic E-state index is 0.000733. The van der Waals surface area contributed by atoms with Gasteiger partial charge in [0.2, 0.25) is 17.4 Å². The fourth-order valence-corrected chi connectivity index (χ4v) is 5.54. The molecule has 2 aromatic heterocycles. The number of benzene rings is 1. The van der Waals surface area contributed by atoms with E-state index in [0.717, 1.165) is 29.4 Å². The number of thiazole rings is 1. The molecule has 1 aromatic carbocycles. The Kier molecular flexibility index (Phi) is 12.8. The molecule has 1 aliphatic rings. The summed E-state index contributed by atoms with van der Waals surface area (Å²) in [6.07, 6.45) is 10.5. The highest BCUT2D eigenvalue weighted by atomic mass is 35.5. The van der Waals surface area contributed by atoms with Crippen LogP contribution in [-0.4, -0.2) is 76.1 Å². The van der Waals surface area contributed by atoms with E-state index in [9.17, 15) is 14.0 Å². The van der Waals surface area contributed by atoms with Crippen LogP contribution in [0.5, 0.6) is 0 Å². The van der Waals surface area contributed by atoms with Crippen molar-refractivity contribution in [1.29, 1.82) is 0 Å². The number of hydrogen-bond donors (Lipinski definition) is 3. The minimum atomic E-state index is -0.497. The number of carbonyl (C=O) groups is 2. The lowest BCUT2D eigenvalue weighted by Crippen LogP contribution is -2.48. The van der Waals surface area contributed by atoms with Crippen molar-refractivity contribution in [1.82, 2.24) is 34.0 Å². The van der Waals surface area contributed by atoms with E-state index in [1.807, 2.05) is 30.7 Å². The summed E-state index contributed by atoms with van der Waals surface area (Å²) in [7, 11) is 6.04. The molecule has 1 saturated heterocycles. The number of nitrogens with zero attached hydrogens (tertiary/aromatic N) is 5. The van der Waals surface area contributed by atoms with Crippen LogP contribution in [0.1, 0.15) is 36.6 Å². The normalized spacial score (nSPS) is 17.3. The number of halogens is 2. The van der Waals surface area contributed by atoms with Crippen LogP contribution < -0.4 is 15.4 Å². The second-order valence-electron chi connectivity index (χ2n) is 9.69. The van der Waals surface area contributed by atoms with Crippen LogP contribution in [0.2, 0.25) is 5.02 Å². The summed E-state index contributed by atoms with van der Waals surface area (Å²) in [4.78, 5) is 30.0. The van der Waals surface area contributed by atoms with Crippen molar-refractivity contribution in [2.75, 3.05) is 33.0 Å². The molecule has 3 heterocycles. The van der Waals surface area contributed by atoms with Gasteiger partial charge >= 0.3 is 0 Å². The van der Waals surface area contributed by atoms with Crippen molar-refractivity contribution in [3.8, 4) is 5.13 Å². The van der Waals surface area contributed by atoms with Gasteiger partial charge < -0.3 is 15.5 Å². The van der Waals surface area contributed by atoms with E-state index in [1.54, 1.807) is 10.9 Å². The summed E-state index contributed by atoms with van der Waals surface area (Å²) in [5, 5.41) is 10.6. The number of hydrogen-bond acceptors (Lipinski definition) is 9. The van der Waals surface area contributed by atoms with Crippen molar-refractivity contribution >= 4 is 53.1 Å². The van der Waals surface area contributed by atoms with Gasteiger partial charge in [-0.15, -0.1) is 0 Å². The molecule has 2 unspecified atom stereocenters. The van der Waals surface area contributed by atoms with Gasteiger partial charge in [0.15, 0.2) is 0 Å². The zero-order valence-electron chi connectivity index (χ0n) is 23.1. The molecule has 3 N–H and O–H groups in total. The lowest BCUT2D eigenvalue weighted by atomic mass is 10.1. The van der Waals surface area contributed by atoms with Crippen molar-refractivity contribution in [2.24, 2.45) is 0 Å². The molecule has 0 spiro atoms. The number of aromatic nitrogens is 3. The fraction of sp³-hybridized carbons (Fsp3) is 0.462. The van der Waals surface area contributed by atoms with Crippen LogP contribution in [0.25, 0.3) is 5.13 Å². The number of anilines is 1. The largest absolute Gasteiger partial charge is 0.354 e. The first-order valence-electron chi connectivity index (χ1n) is 12.9. The Labute approximate surface area is 247 Å². The van der Waals surface area contributed by atoms with Crippen molar-refractivity contribution in [3.05, 3.63) is 58.1 Å². The summed E-state index contributed by atoms with van der Waals surface area (Å²) < 4.78 is 19.9. The summed E-state index contributed by atoms with van der Waals surface area (Å²) >= 11 is 8.63. The van der Waals surface area contributed by atoms with Gasteiger partial charge in [0, 0.05) is 41.1 Å². The number of unbranched alkanes of at least 4 members (excludes halogenated alkanes) is 1. The maximum Gasteiger partial charge on any atom is 0.242 e. The van der Waals surface area contributed by atoms with E-state index in [0.29, 0.717) is 25.1 Å². The Hall–Kier alpha value is -2.55. The SMILES string of the molecule is CC1CC(C(=O)Nc2ccc(F)c(Cl)c2)N(C)SN1.CN(C)CCCCc1cnn(-c2ncc(CNC=O)s2)c1. The maximum atomic E-state index is 13.0. The molecule has 2 amide bonds. The highest BCUT2D eigenvalue weighted by molar-refractivity contribution is 7.95. The second-order valence-corrected chi connectivity index (χ2v) is 12.2. The van der Waals surface area contributed by atoms with Crippen LogP contribution in [0.4, 0.5) is 10.1 Å². The Balaban J connectivity index is 0.000000222. The quantitative estimate of drug-likeness (QED) is 0.169. The number of amides is 2. The van der Waals surface area contributed by atoms with Crippen molar-refractivity contribution < 1.29 is 14.0 Å². The molecule has 0 radical (unpaired) electrons. The lowest BCUT2D eigenvalue weighted by Gasteiger charge is -2.33. The third-order valence-corrected chi connectivity index (χ3v) is 8.28. The van der Waals surface area contributed by atoms with Crippen molar-refractivity contribution in [3.63, 3.8) is 0 Å². The highest BCUT2D eigenvalue weighted by Gasteiger charge is 2.30. The van der Waals surface area contributed by atoms with E-state index in [-0.39, 0.29) is 23.0 Å². The summed E-state index contributed by atoms with van der Waals surface area (Å²) in [6, 6.07) is 4.17. The first-order chi connectivity index (χ1) is 19.2. The molecule has 40 heavy (non-hydrogen) atoms. The molecule has 4 rings (SSSR count). The van der Waals surface area contributed by atoms with Gasteiger partial charge in [-0.05, 0) is 84.1 Å². The molecule has 0 saturated carbocycles. The van der Waals surface area contributed by atoms with Gasteiger partial charge in [-0.25, -0.2) is 23.1 Å². The first kappa shape index (κ1) is 32.0. The lowest BCUT2D eigenvalue weighted by molar-refractivity contribution is -0.119. The third kappa shape index (κ3) is 10.1. The third-order valence-electron chi connectivity index (χ3n) is 5.96. The van der Waals surface area contributed by atoms with E-state index in [1.165, 1.54) is 53.7 Å². The molecule has 2 atom stereocenters. The van der Waals surface area contributed by atoms with Crippen molar-refractivity contribution in [2.45, 2.75) is 51.2 Å². The molecule has 3 aromatic rings. The topological polar surface area (TPSA) is 107 Å². The van der Waals surface area contributed by atoms with Gasteiger partial charge in [-0.1, -0.05) is 22.9 Å². The average molecular weight is 611 g/mol. The predicted molar refractivity (Wildman–Crippen MR) is 160 cm³/mol. The fourth-order valence-electron chi connectivity index (χ4n) is 3.82. The van der Waals surface area contributed by atoms with Gasteiger partial charge in [0.1, 0.15) is 11.9 Å². The van der Waals surface area contributed by atoms with Gasteiger partial charge in [-0.2, -0.15) is 5.10 Å². The minimum Gasteiger partial charge on any atom is -0.354 e. The van der Waals surface area contributed by atoms with E-state index >= 15 is 0 Å². The van der Waals surface area contributed by atoms with Gasteiger partial charge in [-0.3, -0.25) is 9.59 Å². The van der Waals surface area contributed by atoms with E-state index < -0.39 is 5.82 Å². The van der Waals surface area contributed by atoms with Gasteiger partial charge in [0.25, 0.3) is 0 Å². The maximum absolute atomic E-state index is 13.0. The first-order valence-corrected chi connectivity index (χ1v) is 14.8. The van der Waals surface area contributed by atoms with Crippen LogP contribution in [0.15, 0.2) is 36.8 Å². The molecule has 0 bridgehead atoms. The molecule has 14 heteroatoms. The Morgan fingerprint density at radius 1 is 1.32 bits per heavy atom. The van der Waals surface area contributed by atoms with E-state index in [4.69, 9.17) is 11.6 Å². The highest BCUT2D eigenvalue weighted by Crippen LogP contribution is 2.24. The Morgan fingerprint density at radius 3 is 2.85 bits per heavy atom. The van der Waals surface area contributed by atoms with Crippen LogP contribution in [-0.2, 0) is 22.6 Å². The molecule has 218 valence electrons. The molecule has 1 fully saturated rings. The standard InChI is InChI=1S/C14H21N5OS.C12H15ClFN3OS/c1-18(2)6-4-3-5-12-7-17-19(10-12)14-16-9-13(21-14)8-15-11-20;1-7-5-11(17(2)19-16-7)12(18)15-8-3-4-10(14)9(13)6-8/h7,9-11H,3-6,8H2,1-2H3,(H,15,20);3-4,6-7,11,16H,5H2,1-2H3,(H,15,18). The Bertz CT molecular complexity index is 1240. The van der Waals surface area contributed by atoms with E-state index in [2.05, 4.69) is 44.4 Å². The average Bonchev–Trinajstić information content (AvgIpc) is 3.59. The zero-order chi connectivity index (χ0) is 29.1.